The zero-order valence-electron chi connectivity index (χ0n) is 9.01. The van der Waals surface area contributed by atoms with Gasteiger partial charge < -0.3 is 4.74 Å². The molecule has 0 unspecified atom stereocenters. The summed E-state index contributed by atoms with van der Waals surface area (Å²) in [5.74, 6) is 0.949. The van der Waals surface area contributed by atoms with Gasteiger partial charge in [-0.05, 0) is 23.1 Å². The molecule has 0 radical (unpaired) electrons. The van der Waals surface area contributed by atoms with Gasteiger partial charge in [-0.25, -0.2) is 0 Å². The van der Waals surface area contributed by atoms with Crippen molar-refractivity contribution in [2.75, 3.05) is 6.61 Å². The molecule has 0 heterocycles. The number of hydrogen-bond acceptors (Lipinski definition) is 1. The Bertz CT molecular complexity index is 271. The van der Waals surface area contributed by atoms with Crippen LogP contribution in [0.1, 0.15) is 26.3 Å². The Morgan fingerprint density at radius 1 is 1.14 bits per heavy atom. The number of rotatable bonds is 3. The predicted octanol–water partition coefficient (Wildman–Crippen LogP) is 4.01. The van der Waals surface area contributed by atoms with Crippen molar-refractivity contribution in [3.05, 3.63) is 29.8 Å². The molecule has 0 spiro atoms. The molecule has 0 aliphatic rings. The average Bonchev–Trinajstić information content (AvgIpc) is 2.14. The lowest BCUT2D eigenvalue weighted by Crippen LogP contribution is -2.16. The van der Waals surface area contributed by atoms with Crippen molar-refractivity contribution in [1.82, 2.24) is 0 Å². The van der Waals surface area contributed by atoms with Gasteiger partial charge in [0.25, 0.3) is 0 Å². The summed E-state index contributed by atoms with van der Waals surface area (Å²) in [6.07, 6.45) is 0. The van der Waals surface area contributed by atoms with Crippen LogP contribution in [-0.4, -0.2) is 6.61 Å². The summed E-state index contributed by atoms with van der Waals surface area (Å²) >= 11 is 3.41. The summed E-state index contributed by atoms with van der Waals surface area (Å²) in [7, 11) is 0. The highest BCUT2D eigenvalue weighted by Crippen LogP contribution is 2.18. The van der Waals surface area contributed by atoms with E-state index in [0.29, 0.717) is 0 Å². The normalized spacial score (nSPS) is 11.4. The van der Waals surface area contributed by atoms with E-state index >= 15 is 0 Å². The summed E-state index contributed by atoms with van der Waals surface area (Å²) in [6.45, 7) is 7.25. The molecule has 1 aromatic rings. The lowest BCUT2D eigenvalue weighted by atomic mass is 9.99. The Balaban J connectivity index is 2.52. The smallest absolute Gasteiger partial charge is 0.119 e. The molecule has 0 atom stereocenters. The molecular formula is C12H17BrO. The number of hydrogen-bond donors (Lipinski definition) is 0. The molecular weight excluding hydrogens is 240 g/mol. The quantitative estimate of drug-likeness (QED) is 0.743. The second-order valence-corrected chi connectivity index (χ2v) is 5.19. The zero-order valence-corrected chi connectivity index (χ0v) is 10.6. The Labute approximate surface area is 94.6 Å². The van der Waals surface area contributed by atoms with Crippen LogP contribution in [0.2, 0.25) is 0 Å². The Kier molecular flexibility index (Phi) is 3.99. The topological polar surface area (TPSA) is 9.23 Å². The molecule has 0 fully saturated rings. The molecule has 0 N–H and O–H groups in total. The van der Waals surface area contributed by atoms with Gasteiger partial charge in [0.15, 0.2) is 0 Å². The first-order valence-corrected chi connectivity index (χ1v) is 5.91. The fourth-order valence-electron chi connectivity index (χ4n) is 0.975. The highest BCUT2D eigenvalue weighted by atomic mass is 79.9. The van der Waals surface area contributed by atoms with E-state index in [9.17, 15) is 0 Å². The van der Waals surface area contributed by atoms with Gasteiger partial charge in [0, 0.05) is 5.33 Å². The van der Waals surface area contributed by atoms with Gasteiger partial charge >= 0.3 is 0 Å². The molecule has 1 nitrogen and oxygen atoms in total. The number of benzene rings is 1. The van der Waals surface area contributed by atoms with E-state index in [1.165, 1.54) is 5.56 Å². The van der Waals surface area contributed by atoms with Gasteiger partial charge in [-0.2, -0.15) is 0 Å². The van der Waals surface area contributed by atoms with E-state index < -0.39 is 0 Å². The standard InChI is InChI=1S/C12H17BrO/c1-12(2,3)9-14-11-6-4-10(8-13)5-7-11/h4-7H,8-9H2,1-3H3. The lowest BCUT2D eigenvalue weighted by Gasteiger charge is -2.18. The van der Waals surface area contributed by atoms with Gasteiger partial charge in [-0.1, -0.05) is 48.8 Å². The number of halogens is 1. The molecule has 0 aromatic heterocycles. The second-order valence-electron chi connectivity index (χ2n) is 4.63. The molecule has 0 saturated carbocycles. The number of ether oxygens (including phenoxy) is 1. The van der Waals surface area contributed by atoms with Crippen molar-refractivity contribution in [1.29, 1.82) is 0 Å². The van der Waals surface area contributed by atoms with E-state index in [2.05, 4.69) is 48.8 Å². The van der Waals surface area contributed by atoms with E-state index in [4.69, 9.17) is 4.74 Å². The Morgan fingerprint density at radius 3 is 2.14 bits per heavy atom. The van der Waals surface area contributed by atoms with Gasteiger partial charge in [0.05, 0.1) is 6.61 Å². The third-order valence-corrected chi connectivity index (χ3v) is 2.40. The van der Waals surface area contributed by atoms with Crippen LogP contribution < -0.4 is 4.74 Å². The van der Waals surface area contributed by atoms with Crippen LogP contribution >= 0.6 is 15.9 Å². The van der Waals surface area contributed by atoms with Gasteiger partial charge in [-0.3, -0.25) is 0 Å². The molecule has 1 rings (SSSR count). The first kappa shape index (κ1) is 11.6. The third kappa shape index (κ3) is 4.14. The summed E-state index contributed by atoms with van der Waals surface area (Å²) in [5, 5.41) is 0.895. The van der Waals surface area contributed by atoms with Gasteiger partial charge in [0.1, 0.15) is 5.75 Å². The van der Waals surface area contributed by atoms with Crippen LogP contribution in [0.4, 0.5) is 0 Å². The van der Waals surface area contributed by atoms with Crippen molar-refractivity contribution >= 4 is 15.9 Å². The summed E-state index contributed by atoms with van der Waals surface area (Å²) < 4.78 is 5.65. The molecule has 2 heteroatoms. The fraction of sp³-hybridized carbons (Fsp3) is 0.500. The van der Waals surface area contributed by atoms with Gasteiger partial charge in [-0.15, -0.1) is 0 Å². The largest absolute Gasteiger partial charge is 0.493 e. The summed E-state index contributed by atoms with van der Waals surface area (Å²) in [4.78, 5) is 0. The van der Waals surface area contributed by atoms with Gasteiger partial charge in [0.2, 0.25) is 0 Å². The Hall–Kier alpha value is -0.500. The van der Waals surface area contributed by atoms with E-state index in [0.717, 1.165) is 17.7 Å². The minimum Gasteiger partial charge on any atom is -0.493 e. The second kappa shape index (κ2) is 4.83. The minimum absolute atomic E-state index is 0.216. The Morgan fingerprint density at radius 2 is 1.71 bits per heavy atom. The average molecular weight is 257 g/mol. The highest BCUT2D eigenvalue weighted by molar-refractivity contribution is 9.08. The van der Waals surface area contributed by atoms with Crippen molar-refractivity contribution in [2.24, 2.45) is 5.41 Å². The summed E-state index contributed by atoms with van der Waals surface area (Å²) in [6, 6.07) is 8.18. The minimum atomic E-state index is 0.216. The number of alkyl halides is 1. The van der Waals surface area contributed by atoms with Crippen LogP contribution in [0.15, 0.2) is 24.3 Å². The van der Waals surface area contributed by atoms with Crippen LogP contribution in [-0.2, 0) is 5.33 Å². The monoisotopic (exact) mass is 256 g/mol. The lowest BCUT2D eigenvalue weighted by molar-refractivity contribution is 0.198. The van der Waals surface area contributed by atoms with Crippen LogP contribution in [0.25, 0.3) is 0 Å². The highest BCUT2D eigenvalue weighted by Gasteiger charge is 2.10. The van der Waals surface area contributed by atoms with E-state index in [1.807, 2.05) is 12.1 Å². The molecule has 78 valence electrons. The third-order valence-electron chi connectivity index (χ3n) is 1.75. The first-order chi connectivity index (χ1) is 6.51. The molecule has 0 aliphatic heterocycles. The van der Waals surface area contributed by atoms with Crippen molar-refractivity contribution in [2.45, 2.75) is 26.1 Å². The molecule has 0 bridgehead atoms. The zero-order chi connectivity index (χ0) is 10.6. The molecule has 0 saturated heterocycles. The maximum absolute atomic E-state index is 5.65. The van der Waals surface area contributed by atoms with Crippen molar-refractivity contribution in [3.63, 3.8) is 0 Å². The molecule has 14 heavy (non-hydrogen) atoms. The maximum Gasteiger partial charge on any atom is 0.119 e. The molecule has 0 amide bonds. The van der Waals surface area contributed by atoms with Crippen molar-refractivity contribution < 1.29 is 4.74 Å². The van der Waals surface area contributed by atoms with Crippen LogP contribution in [0, 0.1) is 5.41 Å². The van der Waals surface area contributed by atoms with Crippen LogP contribution in [0.5, 0.6) is 5.75 Å². The van der Waals surface area contributed by atoms with Crippen LogP contribution in [0.3, 0.4) is 0 Å². The fourth-order valence-corrected chi connectivity index (χ4v) is 1.35. The summed E-state index contributed by atoms with van der Waals surface area (Å²) in [5.41, 5.74) is 1.49. The maximum atomic E-state index is 5.65. The first-order valence-electron chi connectivity index (χ1n) is 4.79. The van der Waals surface area contributed by atoms with E-state index in [1.54, 1.807) is 0 Å². The van der Waals surface area contributed by atoms with E-state index in [-0.39, 0.29) is 5.41 Å². The molecule has 1 aromatic carbocycles. The van der Waals surface area contributed by atoms with Crippen molar-refractivity contribution in [3.8, 4) is 5.75 Å². The molecule has 0 aliphatic carbocycles. The SMILES string of the molecule is CC(C)(C)COc1ccc(CBr)cc1. The predicted molar refractivity (Wildman–Crippen MR) is 64.0 cm³/mol.